The van der Waals surface area contributed by atoms with Gasteiger partial charge in [-0.3, -0.25) is 0 Å². The molecule has 2 aliphatic heterocycles. The van der Waals surface area contributed by atoms with Crippen LogP contribution in [0.3, 0.4) is 0 Å². The van der Waals surface area contributed by atoms with Gasteiger partial charge in [0.2, 0.25) is 0 Å². The summed E-state index contributed by atoms with van der Waals surface area (Å²) in [5.74, 6) is 0. The number of benzene rings is 3. The van der Waals surface area contributed by atoms with Crippen molar-refractivity contribution in [2.24, 2.45) is 0 Å². The fraction of sp³-hybridized carbons (Fsp3) is 0.259. The lowest BCUT2D eigenvalue weighted by molar-refractivity contribution is 0.261. The summed E-state index contributed by atoms with van der Waals surface area (Å²) in [5.41, 5.74) is 3.99. The van der Waals surface area contributed by atoms with E-state index < -0.39 is 18.4 Å². The van der Waals surface area contributed by atoms with Gasteiger partial charge in [-0.15, -0.1) is 0 Å². The van der Waals surface area contributed by atoms with Crippen LogP contribution in [0.5, 0.6) is 0 Å². The van der Waals surface area contributed by atoms with Gasteiger partial charge in [0.1, 0.15) is 0 Å². The van der Waals surface area contributed by atoms with E-state index in [0.29, 0.717) is 0 Å². The third kappa shape index (κ3) is 2.55. The van der Waals surface area contributed by atoms with Crippen molar-refractivity contribution in [3.8, 4) is 0 Å². The maximum absolute atomic E-state index is 8.48. The van der Waals surface area contributed by atoms with Crippen LogP contribution in [0, 0.1) is 6.92 Å². The van der Waals surface area contributed by atoms with Gasteiger partial charge in [-0.05, 0) is 49.7 Å². The van der Waals surface area contributed by atoms with Crippen LogP contribution < -0.4 is 4.90 Å². The average Bonchev–Trinajstić information content (AvgIpc) is 3.32. The van der Waals surface area contributed by atoms with Gasteiger partial charge in [-0.25, -0.2) is 0 Å². The highest BCUT2D eigenvalue weighted by Crippen LogP contribution is 2.50. The second kappa shape index (κ2) is 6.81. The number of hydrogen-bond donors (Lipinski definition) is 0. The molecule has 2 aliphatic rings. The van der Waals surface area contributed by atoms with Gasteiger partial charge in [-0.2, -0.15) is 0 Å². The number of fused-ring (bicyclic) bond motifs is 1. The molecule has 0 spiro atoms. The number of anilines is 1. The zero-order valence-corrected chi connectivity index (χ0v) is 16.9. The summed E-state index contributed by atoms with van der Waals surface area (Å²) in [6.07, 6.45) is 3.51. The van der Waals surface area contributed by atoms with Crippen molar-refractivity contribution >= 4 is 5.69 Å². The molecule has 5 rings (SSSR count). The van der Waals surface area contributed by atoms with E-state index in [4.69, 9.17) is 4.11 Å². The number of rotatable bonds is 3. The van der Waals surface area contributed by atoms with Crippen molar-refractivity contribution < 1.29 is 4.11 Å². The maximum atomic E-state index is 8.48. The van der Waals surface area contributed by atoms with E-state index in [2.05, 4.69) is 84.3 Å². The minimum atomic E-state index is -2.17. The molecular formula is C27H28N2. The van der Waals surface area contributed by atoms with Crippen molar-refractivity contribution in [1.29, 1.82) is 0 Å². The first kappa shape index (κ1) is 14.9. The first-order valence-electron chi connectivity index (χ1n) is 11.8. The minimum Gasteiger partial charge on any atom is -0.351 e. The van der Waals surface area contributed by atoms with E-state index in [9.17, 15) is 0 Å². The van der Waals surface area contributed by atoms with Crippen LogP contribution in [0.1, 0.15) is 34.6 Å². The molecule has 3 aromatic rings. The molecule has 1 saturated heterocycles. The molecule has 146 valence electrons. The topological polar surface area (TPSA) is 6.48 Å². The predicted molar refractivity (Wildman–Crippen MR) is 121 cm³/mol. The van der Waals surface area contributed by atoms with Gasteiger partial charge in [0.15, 0.2) is 0 Å². The lowest BCUT2D eigenvalue weighted by atomic mass is 9.68. The lowest BCUT2D eigenvalue weighted by Gasteiger charge is -2.39. The standard InChI is InChI=1S/C27H28N2/c1-20-12-10-11-17-25(20)29-21(2)26-27(18-19-28(26)22(29)3,23-13-6-4-7-14-23)24-15-8-5-9-16-24/h4-19,21-22,26H,1-3H3/t21-,22?,26?/m0/s1/i3D3. The highest BCUT2D eigenvalue weighted by Gasteiger charge is 2.56. The highest BCUT2D eigenvalue weighted by atomic mass is 15.5. The van der Waals surface area contributed by atoms with Crippen LogP contribution >= 0.6 is 0 Å². The Labute approximate surface area is 178 Å². The summed E-state index contributed by atoms with van der Waals surface area (Å²) in [7, 11) is 0. The number of hydrogen-bond acceptors (Lipinski definition) is 2. The molecule has 0 aromatic heterocycles. The molecule has 2 heterocycles. The van der Waals surface area contributed by atoms with Crippen molar-refractivity contribution in [3.05, 3.63) is 114 Å². The van der Waals surface area contributed by atoms with Crippen LogP contribution in [-0.2, 0) is 5.41 Å². The van der Waals surface area contributed by atoms with Crippen LogP contribution in [0.4, 0.5) is 5.69 Å². The normalized spacial score (nSPS) is 26.7. The summed E-state index contributed by atoms with van der Waals surface area (Å²) >= 11 is 0. The van der Waals surface area contributed by atoms with Crippen LogP contribution in [0.25, 0.3) is 0 Å². The second-order valence-electron chi connectivity index (χ2n) is 8.12. The molecule has 0 amide bonds. The zero-order valence-electron chi connectivity index (χ0n) is 19.9. The van der Waals surface area contributed by atoms with Gasteiger partial charge >= 0.3 is 0 Å². The van der Waals surface area contributed by atoms with E-state index in [-0.39, 0.29) is 12.1 Å². The largest absolute Gasteiger partial charge is 0.351 e. The van der Waals surface area contributed by atoms with Crippen molar-refractivity contribution in [1.82, 2.24) is 4.90 Å². The Morgan fingerprint density at radius 2 is 1.41 bits per heavy atom. The van der Waals surface area contributed by atoms with E-state index in [1.165, 1.54) is 11.1 Å². The fourth-order valence-corrected chi connectivity index (χ4v) is 5.34. The van der Waals surface area contributed by atoms with Crippen LogP contribution in [-0.4, -0.2) is 23.1 Å². The SMILES string of the molecule is [2H]C([2H])([2H])C1N2C=CC(c3ccccc3)(c3ccccc3)C2[C@H](C)N1c1ccccc1C. The lowest BCUT2D eigenvalue weighted by Crippen LogP contribution is -2.47. The average molecular weight is 384 g/mol. The van der Waals surface area contributed by atoms with Crippen molar-refractivity contribution in [2.75, 3.05) is 4.90 Å². The Balaban J connectivity index is 1.74. The smallest absolute Gasteiger partial charge is 0.0989 e. The molecule has 0 bridgehead atoms. The number of nitrogens with zero attached hydrogens (tertiary/aromatic N) is 2. The summed E-state index contributed by atoms with van der Waals surface area (Å²) < 4.78 is 25.4. The molecular weight excluding hydrogens is 352 g/mol. The summed E-state index contributed by atoms with van der Waals surface area (Å²) in [4.78, 5) is 4.21. The van der Waals surface area contributed by atoms with Crippen molar-refractivity contribution in [3.63, 3.8) is 0 Å². The Bertz CT molecular complexity index is 1080. The van der Waals surface area contributed by atoms with E-state index >= 15 is 0 Å². The quantitative estimate of drug-likeness (QED) is 0.569. The molecule has 1 fully saturated rings. The predicted octanol–water partition coefficient (Wildman–Crippen LogP) is 5.73. The summed E-state index contributed by atoms with van der Waals surface area (Å²) in [5, 5.41) is 0. The molecule has 0 N–H and O–H groups in total. The van der Waals surface area contributed by atoms with Gasteiger partial charge in [0.05, 0.1) is 23.7 Å². The number of aryl methyl sites for hydroxylation is 1. The van der Waals surface area contributed by atoms with Gasteiger partial charge in [0, 0.05) is 9.80 Å². The number of para-hydroxylation sites is 1. The molecule has 0 radical (unpaired) electrons. The third-order valence-electron chi connectivity index (χ3n) is 6.64. The highest BCUT2D eigenvalue weighted by molar-refractivity contribution is 5.59. The Hall–Kier alpha value is -3.00. The van der Waals surface area contributed by atoms with Gasteiger partial charge < -0.3 is 9.80 Å². The molecule has 3 aromatic carbocycles. The minimum absolute atomic E-state index is 0.0306. The molecule has 29 heavy (non-hydrogen) atoms. The molecule has 3 atom stereocenters. The first-order valence-corrected chi connectivity index (χ1v) is 10.3. The van der Waals surface area contributed by atoms with Crippen molar-refractivity contribution in [2.45, 2.75) is 44.4 Å². The van der Waals surface area contributed by atoms with Gasteiger partial charge in [0.25, 0.3) is 0 Å². The summed E-state index contributed by atoms with van der Waals surface area (Å²) in [6.45, 7) is 2.06. The van der Waals surface area contributed by atoms with E-state index in [1.54, 1.807) is 0 Å². The zero-order chi connectivity index (χ0) is 22.5. The summed E-state index contributed by atoms with van der Waals surface area (Å²) in [6, 6.07) is 29.0. The van der Waals surface area contributed by atoms with Crippen LogP contribution in [0.15, 0.2) is 97.2 Å². The van der Waals surface area contributed by atoms with E-state index in [0.717, 1.165) is 11.3 Å². The second-order valence-corrected chi connectivity index (χ2v) is 8.12. The Kier molecular flexibility index (Phi) is 3.50. The fourth-order valence-electron chi connectivity index (χ4n) is 5.34. The molecule has 0 saturated carbocycles. The van der Waals surface area contributed by atoms with Gasteiger partial charge in [-0.1, -0.05) is 84.9 Å². The Morgan fingerprint density at radius 3 is 2.00 bits per heavy atom. The monoisotopic (exact) mass is 383 g/mol. The molecule has 2 nitrogen and oxygen atoms in total. The van der Waals surface area contributed by atoms with Crippen LogP contribution in [0.2, 0.25) is 0 Å². The molecule has 0 aliphatic carbocycles. The first-order chi connectivity index (χ1) is 15.4. The van der Waals surface area contributed by atoms with E-state index in [1.807, 2.05) is 36.5 Å². The maximum Gasteiger partial charge on any atom is 0.0989 e. The molecule has 2 unspecified atom stereocenters. The Morgan fingerprint density at radius 1 is 0.828 bits per heavy atom. The third-order valence-corrected chi connectivity index (χ3v) is 6.64. The molecule has 2 heteroatoms.